The molecule has 1 aliphatic rings. The van der Waals surface area contributed by atoms with Crippen molar-refractivity contribution in [2.24, 2.45) is 5.92 Å². The van der Waals surface area contributed by atoms with Crippen LogP contribution in [0.5, 0.6) is 5.75 Å². The van der Waals surface area contributed by atoms with Crippen molar-refractivity contribution in [2.75, 3.05) is 7.11 Å². The molecule has 122 valence electrons. The van der Waals surface area contributed by atoms with Gasteiger partial charge in [-0.15, -0.1) is 0 Å². The molecule has 2 nitrogen and oxygen atoms in total. The van der Waals surface area contributed by atoms with Gasteiger partial charge in [0.25, 0.3) is 0 Å². The van der Waals surface area contributed by atoms with Gasteiger partial charge in [0.05, 0.1) is 13.7 Å². The van der Waals surface area contributed by atoms with Gasteiger partial charge in [-0.25, -0.2) is 4.39 Å². The maximum atomic E-state index is 14.4. The Morgan fingerprint density at radius 2 is 1.96 bits per heavy atom. The number of hydrogen-bond donors (Lipinski definition) is 1. The lowest BCUT2D eigenvalue weighted by molar-refractivity contribution is 0.281. The molecule has 2 atom stereocenters. The fourth-order valence-electron chi connectivity index (χ4n) is 3.71. The van der Waals surface area contributed by atoms with Gasteiger partial charge < -0.3 is 9.84 Å². The summed E-state index contributed by atoms with van der Waals surface area (Å²) in [5.74, 6) is 1.41. The quantitative estimate of drug-likeness (QED) is 0.870. The SMILES string of the molecule is COc1ccc(F)c(-c2ccc(CO)cc2[C@H]2CCC[C@@H]2C)c1. The molecule has 0 aliphatic heterocycles. The normalized spacial score (nSPS) is 20.7. The van der Waals surface area contributed by atoms with Crippen LogP contribution in [0.25, 0.3) is 11.1 Å². The van der Waals surface area contributed by atoms with E-state index in [2.05, 4.69) is 6.92 Å². The average Bonchev–Trinajstić information content (AvgIpc) is 3.01. The molecule has 0 saturated heterocycles. The lowest BCUT2D eigenvalue weighted by Crippen LogP contribution is -2.06. The summed E-state index contributed by atoms with van der Waals surface area (Å²) >= 11 is 0. The predicted molar refractivity (Wildman–Crippen MR) is 90.1 cm³/mol. The molecule has 2 aromatic rings. The van der Waals surface area contributed by atoms with Crippen molar-refractivity contribution < 1.29 is 14.2 Å². The maximum Gasteiger partial charge on any atom is 0.131 e. The zero-order valence-corrected chi connectivity index (χ0v) is 13.7. The molecule has 0 radical (unpaired) electrons. The molecule has 1 saturated carbocycles. The Morgan fingerprint density at radius 1 is 1.13 bits per heavy atom. The van der Waals surface area contributed by atoms with E-state index in [1.807, 2.05) is 18.2 Å². The maximum absolute atomic E-state index is 14.4. The van der Waals surface area contributed by atoms with Gasteiger partial charge in [0.1, 0.15) is 11.6 Å². The number of ether oxygens (including phenoxy) is 1. The lowest BCUT2D eigenvalue weighted by atomic mass is 9.84. The Bertz CT molecular complexity index is 696. The molecular formula is C20H23FO2. The third kappa shape index (κ3) is 3.11. The minimum Gasteiger partial charge on any atom is -0.497 e. The van der Waals surface area contributed by atoms with Gasteiger partial charge in [0.2, 0.25) is 0 Å². The summed E-state index contributed by atoms with van der Waals surface area (Å²) < 4.78 is 19.7. The zero-order valence-electron chi connectivity index (χ0n) is 13.7. The molecule has 1 aliphatic carbocycles. The van der Waals surface area contributed by atoms with E-state index in [0.717, 1.165) is 23.1 Å². The average molecular weight is 314 g/mol. The number of aliphatic hydroxyl groups excluding tert-OH is 1. The molecule has 0 bridgehead atoms. The molecule has 0 aromatic heterocycles. The minimum absolute atomic E-state index is 0.00890. The van der Waals surface area contributed by atoms with Crippen molar-refractivity contribution in [1.29, 1.82) is 0 Å². The molecule has 1 fully saturated rings. The van der Waals surface area contributed by atoms with Crippen molar-refractivity contribution in [2.45, 2.75) is 38.7 Å². The summed E-state index contributed by atoms with van der Waals surface area (Å²) in [5, 5.41) is 9.47. The zero-order chi connectivity index (χ0) is 16.4. The Labute approximate surface area is 136 Å². The van der Waals surface area contributed by atoms with Crippen molar-refractivity contribution in [1.82, 2.24) is 0 Å². The molecule has 0 spiro atoms. The van der Waals surface area contributed by atoms with E-state index in [0.29, 0.717) is 23.1 Å². The van der Waals surface area contributed by atoms with Gasteiger partial charge in [0.15, 0.2) is 0 Å². The number of halogens is 1. The van der Waals surface area contributed by atoms with Gasteiger partial charge in [-0.3, -0.25) is 0 Å². The minimum atomic E-state index is -0.241. The third-order valence-electron chi connectivity index (χ3n) is 5.02. The van der Waals surface area contributed by atoms with E-state index in [4.69, 9.17) is 4.74 Å². The summed E-state index contributed by atoms with van der Waals surface area (Å²) in [7, 11) is 1.59. The molecule has 0 amide bonds. The molecular weight excluding hydrogens is 291 g/mol. The molecule has 2 aromatic carbocycles. The second-order valence-electron chi connectivity index (χ2n) is 6.44. The van der Waals surface area contributed by atoms with Crippen LogP contribution in [0.15, 0.2) is 36.4 Å². The van der Waals surface area contributed by atoms with E-state index in [9.17, 15) is 9.50 Å². The van der Waals surface area contributed by atoms with Crippen LogP contribution in [0.3, 0.4) is 0 Å². The number of benzene rings is 2. The van der Waals surface area contributed by atoms with Gasteiger partial charge in [-0.05, 0) is 53.1 Å². The molecule has 1 N–H and O–H groups in total. The lowest BCUT2D eigenvalue weighted by Gasteiger charge is -2.21. The fourth-order valence-corrected chi connectivity index (χ4v) is 3.71. The van der Waals surface area contributed by atoms with Crippen LogP contribution >= 0.6 is 0 Å². The van der Waals surface area contributed by atoms with E-state index in [-0.39, 0.29) is 12.4 Å². The van der Waals surface area contributed by atoms with Crippen LogP contribution in [0.1, 0.15) is 43.2 Å². The summed E-state index contributed by atoms with van der Waals surface area (Å²) in [4.78, 5) is 0. The van der Waals surface area contributed by atoms with Crippen LogP contribution in [-0.4, -0.2) is 12.2 Å². The first-order valence-corrected chi connectivity index (χ1v) is 8.21. The number of aliphatic hydroxyl groups is 1. The second-order valence-corrected chi connectivity index (χ2v) is 6.44. The van der Waals surface area contributed by atoms with Gasteiger partial charge in [-0.2, -0.15) is 0 Å². The Balaban J connectivity index is 2.15. The molecule has 3 rings (SSSR count). The number of methoxy groups -OCH3 is 1. The highest BCUT2D eigenvalue weighted by Gasteiger charge is 2.28. The first kappa shape index (κ1) is 16.0. The van der Waals surface area contributed by atoms with Gasteiger partial charge in [-0.1, -0.05) is 38.0 Å². The number of rotatable bonds is 4. The first-order valence-electron chi connectivity index (χ1n) is 8.21. The Kier molecular flexibility index (Phi) is 4.67. The molecule has 0 heterocycles. The molecule has 0 unspecified atom stereocenters. The second kappa shape index (κ2) is 6.71. The van der Waals surface area contributed by atoms with Crippen LogP contribution < -0.4 is 4.74 Å². The smallest absolute Gasteiger partial charge is 0.131 e. The summed E-state index contributed by atoms with van der Waals surface area (Å²) in [5.41, 5.74) is 3.51. The summed E-state index contributed by atoms with van der Waals surface area (Å²) in [6, 6.07) is 10.7. The van der Waals surface area contributed by atoms with Crippen LogP contribution in [0.4, 0.5) is 4.39 Å². The summed E-state index contributed by atoms with van der Waals surface area (Å²) in [6.45, 7) is 2.27. The monoisotopic (exact) mass is 314 g/mol. The summed E-state index contributed by atoms with van der Waals surface area (Å²) in [6.07, 6.45) is 3.53. The Hall–Kier alpha value is -1.87. The van der Waals surface area contributed by atoms with Crippen molar-refractivity contribution >= 4 is 0 Å². The fraction of sp³-hybridized carbons (Fsp3) is 0.400. The topological polar surface area (TPSA) is 29.5 Å². The first-order chi connectivity index (χ1) is 11.1. The predicted octanol–water partition coefficient (Wildman–Crippen LogP) is 4.90. The van der Waals surface area contributed by atoms with E-state index >= 15 is 0 Å². The molecule has 23 heavy (non-hydrogen) atoms. The number of hydrogen-bond acceptors (Lipinski definition) is 2. The van der Waals surface area contributed by atoms with Crippen LogP contribution in [-0.2, 0) is 6.61 Å². The van der Waals surface area contributed by atoms with Gasteiger partial charge in [0, 0.05) is 5.56 Å². The van der Waals surface area contributed by atoms with E-state index < -0.39 is 0 Å². The van der Waals surface area contributed by atoms with Crippen molar-refractivity contribution in [3.05, 3.63) is 53.3 Å². The van der Waals surface area contributed by atoms with Gasteiger partial charge >= 0.3 is 0 Å². The standard InChI is InChI=1S/C20H23FO2/c1-13-4-3-5-16(13)18-10-14(12-22)6-8-17(18)19-11-15(23-2)7-9-20(19)21/h6-11,13,16,22H,3-5,12H2,1-2H3/t13-,16-/m0/s1. The van der Waals surface area contributed by atoms with Crippen LogP contribution in [0, 0.1) is 11.7 Å². The molecule has 3 heteroatoms. The Morgan fingerprint density at radius 3 is 2.61 bits per heavy atom. The van der Waals surface area contributed by atoms with E-state index in [1.165, 1.54) is 18.9 Å². The largest absolute Gasteiger partial charge is 0.497 e. The van der Waals surface area contributed by atoms with Crippen LogP contribution in [0.2, 0.25) is 0 Å². The third-order valence-corrected chi connectivity index (χ3v) is 5.02. The van der Waals surface area contributed by atoms with Crippen molar-refractivity contribution in [3.63, 3.8) is 0 Å². The highest BCUT2D eigenvalue weighted by Crippen LogP contribution is 2.44. The van der Waals surface area contributed by atoms with E-state index in [1.54, 1.807) is 19.2 Å². The van der Waals surface area contributed by atoms with Crippen molar-refractivity contribution in [3.8, 4) is 16.9 Å². The highest BCUT2D eigenvalue weighted by atomic mass is 19.1. The highest BCUT2D eigenvalue weighted by molar-refractivity contribution is 5.70.